The second-order valence-corrected chi connectivity index (χ2v) is 6.29. The van der Waals surface area contributed by atoms with E-state index in [0.717, 1.165) is 57.5 Å². The fraction of sp³-hybridized carbons (Fsp3) is 0.550. The van der Waals surface area contributed by atoms with E-state index in [0.29, 0.717) is 6.54 Å². The van der Waals surface area contributed by atoms with E-state index in [1.165, 1.54) is 11.1 Å². The SMILES string of the molecule is CCOCCCNC(=NCc1ccccc1C)NCCn1cnnc1CC.I. The molecule has 156 valence electrons. The molecule has 8 heteroatoms. The van der Waals surface area contributed by atoms with Crippen molar-refractivity contribution in [3.63, 3.8) is 0 Å². The van der Waals surface area contributed by atoms with Crippen LogP contribution >= 0.6 is 24.0 Å². The Morgan fingerprint density at radius 3 is 2.71 bits per heavy atom. The molecule has 0 atom stereocenters. The number of aliphatic imine (C=N–C) groups is 1. The summed E-state index contributed by atoms with van der Waals surface area (Å²) in [6.07, 6.45) is 3.61. The van der Waals surface area contributed by atoms with Gasteiger partial charge in [-0.1, -0.05) is 31.2 Å². The number of guanidine groups is 1. The molecule has 2 rings (SSSR count). The van der Waals surface area contributed by atoms with Gasteiger partial charge in [-0.25, -0.2) is 4.99 Å². The third kappa shape index (κ3) is 8.55. The Morgan fingerprint density at radius 1 is 1.18 bits per heavy atom. The molecule has 0 aliphatic heterocycles. The zero-order chi connectivity index (χ0) is 19.3. The van der Waals surface area contributed by atoms with E-state index in [1.807, 2.05) is 6.92 Å². The molecule has 0 amide bonds. The number of nitrogens with one attached hydrogen (secondary N) is 2. The summed E-state index contributed by atoms with van der Waals surface area (Å²) in [5, 5.41) is 14.9. The summed E-state index contributed by atoms with van der Waals surface area (Å²) in [6, 6.07) is 8.35. The van der Waals surface area contributed by atoms with E-state index in [4.69, 9.17) is 9.73 Å². The van der Waals surface area contributed by atoms with Gasteiger partial charge in [-0.3, -0.25) is 0 Å². The highest BCUT2D eigenvalue weighted by molar-refractivity contribution is 14.0. The maximum atomic E-state index is 5.40. The molecule has 0 spiro atoms. The Morgan fingerprint density at radius 2 is 1.96 bits per heavy atom. The summed E-state index contributed by atoms with van der Waals surface area (Å²) in [7, 11) is 0. The average Bonchev–Trinajstić information content (AvgIpc) is 3.14. The first-order chi connectivity index (χ1) is 13.2. The van der Waals surface area contributed by atoms with Gasteiger partial charge in [-0.2, -0.15) is 0 Å². The summed E-state index contributed by atoms with van der Waals surface area (Å²) in [5.74, 6) is 1.82. The van der Waals surface area contributed by atoms with E-state index >= 15 is 0 Å². The summed E-state index contributed by atoms with van der Waals surface area (Å²) >= 11 is 0. The van der Waals surface area contributed by atoms with Gasteiger partial charge in [0.25, 0.3) is 0 Å². The molecule has 0 aliphatic rings. The van der Waals surface area contributed by atoms with Crippen molar-refractivity contribution in [3.8, 4) is 0 Å². The van der Waals surface area contributed by atoms with Crippen LogP contribution in [-0.2, 0) is 24.2 Å². The summed E-state index contributed by atoms with van der Waals surface area (Å²) in [4.78, 5) is 4.75. The molecule has 0 radical (unpaired) electrons. The van der Waals surface area contributed by atoms with E-state index in [2.05, 4.69) is 63.5 Å². The second-order valence-electron chi connectivity index (χ2n) is 6.29. The van der Waals surface area contributed by atoms with Crippen LogP contribution in [0.1, 0.15) is 37.2 Å². The molecule has 0 fully saturated rings. The minimum atomic E-state index is 0. The maximum absolute atomic E-state index is 5.40. The van der Waals surface area contributed by atoms with Gasteiger partial charge in [0, 0.05) is 39.3 Å². The molecule has 7 nitrogen and oxygen atoms in total. The van der Waals surface area contributed by atoms with Gasteiger partial charge in [-0.15, -0.1) is 34.2 Å². The molecule has 2 N–H and O–H groups in total. The summed E-state index contributed by atoms with van der Waals surface area (Å²) in [5.41, 5.74) is 2.49. The number of hydrogen-bond acceptors (Lipinski definition) is 4. The second kappa shape index (κ2) is 14.3. The van der Waals surface area contributed by atoms with Crippen LogP contribution in [-0.4, -0.2) is 47.0 Å². The van der Waals surface area contributed by atoms with E-state index in [9.17, 15) is 0 Å². The van der Waals surface area contributed by atoms with Gasteiger partial charge >= 0.3 is 0 Å². The van der Waals surface area contributed by atoms with Gasteiger partial charge in [0.1, 0.15) is 12.2 Å². The van der Waals surface area contributed by atoms with Crippen molar-refractivity contribution < 1.29 is 4.74 Å². The number of aromatic nitrogens is 3. The minimum Gasteiger partial charge on any atom is -0.382 e. The molecule has 0 saturated carbocycles. The lowest BCUT2D eigenvalue weighted by Crippen LogP contribution is -2.39. The third-order valence-corrected chi connectivity index (χ3v) is 4.29. The Hall–Kier alpha value is -1.68. The predicted octanol–water partition coefficient (Wildman–Crippen LogP) is 2.93. The lowest BCUT2D eigenvalue weighted by atomic mass is 10.1. The number of ether oxygens (including phenoxy) is 1. The van der Waals surface area contributed by atoms with Crippen LogP contribution in [0.25, 0.3) is 0 Å². The Kier molecular flexibility index (Phi) is 12.5. The van der Waals surface area contributed by atoms with Crippen molar-refractivity contribution in [2.45, 2.75) is 46.7 Å². The van der Waals surface area contributed by atoms with E-state index in [1.54, 1.807) is 6.33 Å². The van der Waals surface area contributed by atoms with Crippen LogP contribution in [0.2, 0.25) is 0 Å². The Labute approximate surface area is 185 Å². The molecular formula is C20H33IN6O. The van der Waals surface area contributed by atoms with Crippen LogP contribution in [0.15, 0.2) is 35.6 Å². The third-order valence-electron chi connectivity index (χ3n) is 4.29. The number of benzene rings is 1. The molecule has 0 saturated heterocycles. The normalized spacial score (nSPS) is 11.2. The largest absolute Gasteiger partial charge is 0.382 e. The fourth-order valence-corrected chi connectivity index (χ4v) is 2.69. The van der Waals surface area contributed by atoms with Gasteiger partial charge < -0.3 is 19.9 Å². The zero-order valence-electron chi connectivity index (χ0n) is 17.1. The molecule has 1 aromatic heterocycles. The number of halogens is 1. The van der Waals surface area contributed by atoms with Crippen molar-refractivity contribution in [2.24, 2.45) is 4.99 Å². The first kappa shape index (κ1) is 24.4. The number of hydrogen-bond donors (Lipinski definition) is 2. The molecular weight excluding hydrogens is 467 g/mol. The van der Waals surface area contributed by atoms with Crippen LogP contribution in [0.4, 0.5) is 0 Å². The molecule has 2 aromatic rings. The molecule has 0 bridgehead atoms. The number of aryl methyl sites for hydroxylation is 2. The van der Waals surface area contributed by atoms with Crippen molar-refractivity contribution in [1.29, 1.82) is 0 Å². The minimum absolute atomic E-state index is 0. The molecule has 1 aromatic carbocycles. The highest BCUT2D eigenvalue weighted by atomic mass is 127. The molecule has 0 unspecified atom stereocenters. The molecule has 28 heavy (non-hydrogen) atoms. The number of rotatable bonds is 11. The van der Waals surface area contributed by atoms with Gasteiger partial charge in [0.2, 0.25) is 0 Å². The molecule has 0 aliphatic carbocycles. The van der Waals surface area contributed by atoms with Crippen LogP contribution in [0, 0.1) is 6.92 Å². The first-order valence-electron chi connectivity index (χ1n) is 9.75. The van der Waals surface area contributed by atoms with Crippen LogP contribution in [0.5, 0.6) is 0 Å². The predicted molar refractivity (Wildman–Crippen MR) is 124 cm³/mol. The van der Waals surface area contributed by atoms with Crippen molar-refractivity contribution in [2.75, 3.05) is 26.3 Å². The highest BCUT2D eigenvalue weighted by Crippen LogP contribution is 2.07. The quantitative estimate of drug-likeness (QED) is 0.215. The first-order valence-corrected chi connectivity index (χ1v) is 9.75. The monoisotopic (exact) mass is 500 g/mol. The lowest BCUT2D eigenvalue weighted by Gasteiger charge is -2.14. The van der Waals surface area contributed by atoms with Crippen molar-refractivity contribution in [3.05, 3.63) is 47.5 Å². The van der Waals surface area contributed by atoms with Gasteiger partial charge in [0.15, 0.2) is 5.96 Å². The van der Waals surface area contributed by atoms with Crippen LogP contribution < -0.4 is 10.6 Å². The van der Waals surface area contributed by atoms with Crippen LogP contribution in [0.3, 0.4) is 0 Å². The van der Waals surface area contributed by atoms with E-state index < -0.39 is 0 Å². The summed E-state index contributed by atoms with van der Waals surface area (Å²) < 4.78 is 7.47. The smallest absolute Gasteiger partial charge is 0.191 e. The summed E-state index contributed by atoms with van der Waals surface area (Å²) in [6.45, 7) is 10.8. The topological polar surface area (TPSA) is 76.4 Å². The average molecular weight is 500 g/mol. The lowest BCUT2D eigenvalue weighted by molar-refractivity contribution is 0.145. The van der Waals surface area contributed by atoms with E-state index in [-0.39, 0.29) is 24.0 Å². The fourth-order valence-electron chi connectivity index (χ4n) is 2.69. The Bertz CT molecular complexity index is 704. The standard InChI is InChI=1S/C20H32N6O.HI/c1-4-19-25-24-16-26(19)13-12-22-20(21-11-8-14-27-5-2)23-15-18-10-7-6-9-17(18)3;/h6-7,9-10,16H,4-5,8,11-15H2,1-3H3,(H2,21,22,23);1H. The molecule has 1 heterocycles. The van der Waals surface area contributed by atoms with Gasteiger partial charge in [0.05, 0.1) is 6.54 Å². The van der Waals surface area contributed by atoms with Crippen molar-refractivity contribution >= 4 is 29.9 Å². The van der Waals surface area contributed by atoms with Crippen molar-refractivity contribution in [1.82, 2.24) is 25.4 Å². The van der Waals surface area contributed by atoms with Gasteiger partial charge in [-0.05, 0) is 31.4 Å². The maximum Gasteiger partial charge on any atom is 0.191 e. The highest BCUT2D eigenvalue weighted by Gasteiger charge is 2.03. The number of nitrogens with zero attached hydrogens (tertiary/aromatic N) is 4. The zero-order valence-corrected chi connectivity index (χ0v) is 19.5. The Balaban J connectivity index is 0.00000392.